The summed E-state index contributed by atoms with van der Waals surface area (Å²) < 4.78 is 32.3. The van der Waals surface area contributed by atoms with Gasteiger partial charge in [0.05, 0.1) is 28.8 Å². The second kappa shape index (κ2) is 6.29. The Morgan fingerprint density at radius 3 is 2.50 bits per heavy atom. The number of nitrogens with one attached hydrogen (secondary N) is 1. The van der Waals surface area contributed by atoms with Crippen molar-refractivity contribution in [3.8, 4) is 0 Å². The summed E-state index contributed by atoms with van der Waals surface area (Å²) in [7, 11) is -2.58. The lowest BCUT2D eigenvalue weighted by molar-refractivity contribution is 0.0604. The van der Waals surface area contributed by atoms with E-state index in [2.05, 4.69) is 9.71 Å². The number of esters is 1. The highest BCUT2D eigenvalue weighted by Gasteiger charge is 2.21. The molecular weight excluding hydrogens is 328 g/mol. The van der Waals surface area contributed by atoms with Gasteiger partial charge in [0.25, 0.3) is 10.0 Å². The van der Waals surface area contributed by atoms with Crippen LogP contribution < -0.4 is 4.72 Å². The van der Waals surface area contributed by atoms with Crippen molar-refractivity contribution in [3.63, 3.8) is 0 Å². The number of aromatic nitrogens is 1. The van der Waals surface area contributed by atoms with Gasteiger partial charge in [-0.3, -0.25) is 9.71 Å². The summed E-state index contributed by atoms with van der Waals surface area (Å²) in [6.07, 6.45) is 1.59. The second-order valence-electron chi connectivity index (χ2n) is 4.97. The highest BCUT2D eigenvalue weighted by atomic mass is 32.2. The summed E-state index contributed by atoms with van der Waals surface area (Å²) in [4.78, 5) is 16.5. The SMILES string of the molecule is COC(=O)c1c(NS(=O)(=O)c2ccccc2)ccc2ncccc12. The number of benzene rings is 2. The summed E-state index contributed by atoms with van der Waals surface area (Å²) in [5.41, 5.74) is 0.842. The minimum Gasteiger partial charge on any atom is -0.465 e. The fourth-order valence-corrected chi connectivity index (χ4v) is 3.46. The Labute approximate surface area is 139 Å². The molecule has 1 heterocycles. The van der Waals surface area contributed by atoms with Crippen LogP contribution in [-0.4, -0.2) is 26.5 Å². The maximum Gasteiger partial charge on any atom is 0.340 e. The van der Waals surface area contributed by atoms with E-state index in [1.165, 1.54) is 25.3 Å². The molecule has 6 nitrogen and oxygen atoms in total. The van der Waals surface area contributed by atoms with Crippen molar-refractivity contribution in [2.24, 2.45) is 0 Å². The number of methoxy groups -OCH3 is 1. The molecule has 0 saturated carbocycles. The number of hydrogen-bond donors (Lipinski definition) is 1. The predicted molar refractivity (Wildman–Crippen MR) is 90.3 cm³/mol. The fraction of sp³-hybridized carbons (Fsp3) is 0.0588. The monoisotopic (exact) mass is 342 g/mol. The Hall–Kier alpha value is -2.93. The highest BCUT2D eigenvalue weighted by molar-refractivity contribution is 7.92. The minimum atomic E-state index is -3.82. The lowest BCUT2D eigenvalue weighted by Crippen LogP contribution is -2.16. The van der Waals surface area contributed by atoms with E-state index in [0.29, 0.717) is 10.9 Å². The standard InChI is InChI=1S/C17H14N2O4S/c1-23-17(20)16-13-8-5-11-18-14(13)9-10-15(16)19-24(21,22)12-6-3-2-4-7-12/h2-11,19H,1H3. The molecule has 0 fully saturated rings. The van der Waals surface area contributed by atoms with E-state index >= 15 is 0 Å². The molecule has 0 spiro atoms. The second-order valence-corrected chi connectivity index (χ2v) is 6.65. The molecule has 0 aliphatic rings. The van der Waals surface area contributed by atoms with E-state index < -0.39 is 16.0 Å². The lowest BCUT2D eigenvalue weighted by Gasteiger charge is -2.13. The van der Waals surface area contributed by atoms with Crippen LogP contribution in [0.25, 0.3) is 10.9 Å². The van der Waals surface area contributed by atoms with E-state index in [9.17, 15) is 13.2 Å². The Kier molecular flexibility index (Phi) is 4.18. The van der Waals surface area contributed by atoms with Gasteiger partial charge >= 0.3 is 5.97 Å². The molecule has 122 valence electrons. The molecule has 0 aliphatic heterocycles. The van der Waals surface area contributed by atoms with E-state index in [1.54, 1.807) is 42.6 Å². The zero-order chi connectivity index (χ0) is 17.2. The van der Waals surface area contributed by atoms with Crippen LogP contribution >= 0.6 is 0 Å². The number of hydrogen-bond acceptors (Lipinski definition) is 5. The molecule has 1 N–H and O–H groups in total. The first-order valence-electron chi connectivity index (χ1n) is 7.07. The van der Waals surface area contributed by atoms with Gasteiger partial charge in [0, 0.05) is 11.6 Å². The van der Waals surface area contributed by atoms with E-state index in [1.807, 2.05) is 0 Å². The number of carbonyl (C=O) groups is 1. The van der Waals surface area contributed by atoms with Gasteiger partial charge in [-0.15, -0.1) is 0 Å². The van der Waals surface area contributed by atoms with Gasteiger partial charge in [-0.25, -0.2) is 13.2 Å². The molecule has 0 bridgehead atoms. The van der Waals surface area contributed by atoms with Gasteiger partial charge in [-0.2, -0.15) is 0 Å². The van der Waals surface area contributed by atoms with Crippen LogP contribution in [0, 0.1) is 0 Å². The van der Waals surface area contributed by atoms with Crippen molar-refractivity contribution in [2.45, 2.75) is 4.90 Å². The van der Waals surface area contributed by atoms with Crippen LogP contribution in [0.15, 0.2) is 65.7 Å². The number of ether oxygens (including phenoxy) is 1. The Morgan fingerprint density at radius 1 is 1.04 bits per heavy atom. The summed E-state index contributed by atoms with van der Waals surface area (Å²) >= 11 is 0. The number of anilines is 1. The zero-order valence-electron chi connectivity index (χ0n) is 12.8. The van der Waals surface area contributed by atoms with E-state index in [-0.39, 0.29) is 16.1 Å². The number of carbonyl (C=O) groups excluding carboxylic acids is 1. The first-order chi connectivity index (χ1) is 11.5. The predicted octanol–water partition coefficient (Wildman–Crippen LogP) is 2.82. The number of sulfonamides is 1. The summed E-state index contributed by atoms with van der Waals surface area (Å²) in [6, 6.07) is 14.4. The van der Waals surface area contributed by atoms with Crippen LogP contribution in [0.5, 0.6) is 0 Å². The average Bonchev–Trinajstić information content (AvgIpc) is 2.61. The summed E-state index contributed by atoms with van der Waals surface area (Å²) in [6.45, 7) is 0. The third-order valence-corrected chi connectivity index (χ3v) is 4.85. The molecule has 0 atom stereocenters. The molecule has 3 aromatic rings. The van der Waals surface area contributed by atoms with Gasteiger partial charge in [0.2, 0.25) is 0 Å². The molecule has 24 heavy (non-hydrogen) atoms. The van der Waals surface area contributed by atoms with Gasteiger partial charge in [-0.1, -0.05) is 24.3 Å². The third kappa shape index (κ3) is 2.93. The number of rotatable bonds is 4. The summed E-state index contributed by atoms with van der Waals surface area (Å²) in [5.74, 6) is -0.639. The maximum atomic E-state index is 12.5. The third-order valence-electron chi connectivity index (χ3n) is 3.47. The zero-order valence-corrected chi connectivity index (χ0v) is 13.6. The molecule has 3 rings (SSSR count). The molecular formula is C17H14N2O4S. The molecule has 0 unspecified atom stereocenters. The molecule has 0 saturated heterocycles. The summed E-state index contributed by atoms with van der Waals surface area (Å²) in [5, 5.41) is 0.512. The fourth-order valence-electron chi connectivity index (χ4n) is 2.36. The van der Waals surface area contributed by atoms with Gasteiger partial charge in [0.15, 0.2) is 0 Å². The van der Waals surface area contributed by atoms with E-state index in [4.69, 9.17) is 4.74 Å². The Balaban J connectivity index is 2.15. The molecule has 1 aromatic heterocycles. The lowest BCUT2D eigenvalue weighted by atomic mass is 10.1. The van der Waals surface area contributed by atoms with Crippen LogP contribution in [0.2, 0.25) is 0 Å². The average molecular weight is 342 g/mol. The van der Waals surface area contributed by atoms with Crippen molar-refractivity contribution in [1.29, 1.82) is 0 Å². The number of pyridine rings is 1. The molecule has 0 amide bonds. The number of fused-ring (bicyclic) bond motifs is 1. The molecule has 2 aromatic carbocycles. The Morgan fingerprint density at radius 2 is 1.79 bits per heavy atom. The van der Waals surface area contributed by atoms with Crippen LogP contribution in [-0.2, 0) is 14.8 Å². The van der Waals surface area contributed by atoms with Crippen LogP contribution in [0.3, 0.4) is 0 Å². The largest absolute Gasteiger partial charge is 0.465 e. The highest BCUT2D eigenvalue weighted by Crippen LogP contribution is 2.27. The quantitative estimate of drug-likeness (QED) is 0.737. The van der Waals surface area contributed by atoms with Crippen molar-refractivity contribution >= 4 is 32.6 Å². The van der Waals surface area contributed by atoms with Crippen molar-refractivity contribution in [1.82, 2.24) is 4.98 Å². The van der Waals surface area contributed by atoms with Crippen LogP contribution in [0.4, 0.5) is 5.69 Å². The van der Waals surface area contributed by atoms with Gasteiger partial charge in [0.1, 0.15) is 0 Å². The number of nitrogens with zero attached hydrogens (tertiary/aromatic N) is 1. The van der Waals surface area contributed by atoms with Gasteiger partial charge in [-0.05, 0) is 30.3 Å². The topological polar surface area (TPSA) is 85.4 Å². The first kappa shape index (κ1) is 15.9. The van der Waals surface area contributed by atoms with Crippen molar-refractivity contribution in [3.05, 3.63) is 66.4 Å². The van der Waals surface area contributed by atoms with Gasteiger partial charge < -0.3 is 4.74 Å². The van der Waals surface area contributed by atoms with Crippen molar-refractivity contribution in [2.75, 3.05) is 11.8 Å². The van der Waals surface area contributed by atoms with Crippen molar-refractivity contribution < 1.29 is 17.9 Å². The van der Waals surface area contributed by atoms with E-state index in [0.717, 1.165) is 0 Å². The smallest absolute Gasteiger partial charge is 0.340 e. The molecule has 7 heteroatoms. The molecule has 0 aliphatic carbocycles. The normalized spacial score (nSPS) is 11.2. The first-order valence-corrected chi connectivity index (χ1v) is 8.55. The Bertz CT molecular complexity index is 1000. The minimum absolute atomic E-state index is 0.104. The molecule has 0 radical (unpaired) electrons. The maximum absolute atomic E-state index is 12.5. The van der Waals surface area contributed by atoms with Crippen LogP contribution in [0.1, 0.15) is 10.4 Å².